The Bertz CT molecular complexity index is 134. The van der Waals surface area contributed by atoms with Crippen molar-refractivity contribution in [1.29, 1.82) is 0 Å². The lowest BCUT2D eigenvalue weighted by atomic mass is 10.0. The molecule has 0 aliphatic rings. The maximum Gasteiger partial charge on any atom is -0.0170 e. The smallest absolute Gasteiger partial charge is 0.0170 e. The minimum atomic E-state index is 0.637. The molecule has 2 nitrogen and oxygen atoms in total. The van der Waals surface area contributed by atoms with Crippen molar-refractivity contribution < 1.29 is 0 Å². The molecule has 0 rings (SSSR count). The minimum Gasteiger partial charge on any atom is -0.788 e. The molecule has 0 atom stereocenters. The third-order valence-corrected chi connectivity index (χ3v) is 3.88. The molecular weight excluding hydrogens is 234 g/mol. The van der Waals surface area contributed by atoms with E-state index in [1.165, 1.54) is 89.9 Å². The Hall–Kier alpha value is -0.0800. The van der Waals surface area contributed by atoms with Crippen LogP contribution in [0.25, 0.3) is 0 Å². The first-order chi connectivity index (χ1) is 9.41. The largest absolute Gasteiger partial charge is 0.788 e. The van der Waals surface area contributed by atoms with Gasteiger partial charge in [-0.05, 0) is 13.0 Å². The van der Waals surface area contributed by atoms with Gasteiger partial charge in [-0.15, -0.1) is 0 Å². The van der Waals surface area contributed by atoms with Crippen molar-refractivity contribution in [1.82, 2.24) is 5.48 Å². The van der Waals surface area contributed by atoms with Gasteiger partial charge < -0.3 is 10.7 Å². The lowest BCUT2D eigenvalue weighted by Gasteiger charge is -2.06. The Morgan fingerprint density at radius 1 is 0.526 bits per heavy atom. The first-order valence-electron chi connectivity index (χ1n) is 8.76. The van der Waals surface area contributed by atoms with E-state index in [-0.39, 0.29) is 0 Å². The summed E-state index contributed by atoms with van der Waals surface area (Å²) in [5.74, 6) is 0. The van der Waals surface area contributed by atoms with Crippen molar-refractivity contribution in [2.45, 2.75) is 103 Å². The van der Waals surface area contributed by atoms with Gasteiger partial charge in [0.05, 0.1) is 0 Å². The summed E-state index contributed by atoms with van der Waals surface area (Å²) in [6.45, 7) is 2.92. The maximum absolute atomic E-state index is 10.0. The third-order valence-electron chi connectivity index (χ3n) is 3.88. The quantitative estimate of drug-likeness (QED) is 0.278. The number of hydroxylamine groups is 1. The molecule has 0 aromatic carbocycles. The number of hydrogen-bond acceptors (Lipinski definition) is 2. The second-order valence-electron chi connectivity index (χ2n) is 5.84. The third kappa shape index (κ3) is 17.9. The van der Waals surface area contributed by atoms with E-state index >= 15 is 0 Å². The molecule has 0 saturated heterocycles. The van der Waals surface area contributed by atoms with Crippen LogP contribution in [0, 0.1) is 5.21 Å². The van der Waals surface area contributed by atoms with Gasteiger partial charge in [-0.1, -0.05) is 96.8 Å². The monoisotopic (exact) mass is 270 g/mol. The summed E-state index contributed by atoms with van der Waals surface area (Å²) >= 11 is 0. The molecule has 0 unspecified atom stereocenters. The molecule has 0 spiro atoms. The molecule has 0 saturated carbocycles. The normalized spacial score (nSPS) is 11.1. The fraction of sp³-hybridized carbons (Fsp3) is 1.00. The fourth-order valence-electron chi connectivity index (χ4n) is 2.57. The summed E-state index contributed by atoms with van der Waals surface area (Å²) in [7, 11) is 0. The van der Waals surface area contributed by atoms with E-state index in [9.17, 15) is 5.21 Å². The minimum absolute atomic E-state index is 0.637. The van der Waals surface area contributed by atoms with Crippen LogP contribution in [-0.2, 0) is 0 Å². The van der Waals surface area contributed by atoms with E-state index in [0.717, 1.165) is 6.42 Å². The average molecular weight is 270 g/mol. The van der Waals surface area contributed by atoms with E-state index in [1.54, 1.807) is 0 Å². The molecule has 19 heavy (non-hydrogen) atoms. The molecule has 0 amide bonds. The molecule has 0 aromatic rings. The van der Waals surface area contributed by atoms with Gasteiger partial charge in [-0.2, -0.15) is 0 Å². The highest BCUT2D eigenvalue weighted by Gasteiger charge is 1.93. The molecule has 0 radical (unpaired) electrons. The molecule has 0 bridgehead atoms. The lowest BCUT2D eigenvalue weighted by molar-refractivity contribution is 0.531. The summed E-state index contributed by atoms with van der Waals surface area (Å²) in [6, 6.07) is 0. The number of hydrogen-bond donors (Lipinski definition) is 1. The van der Waals surface area contributed by atoms with Crippen molar-refractivity contribution in [3.63, 3.8) is 0 Å². The topological polar surface area (TPSA) is 35.1 Å². The molecule has 116 valence electrons. The van der Waals surface area contributed by atoms with Crippen LogP contribution in [0.4, 0.5) is 0 Å². The Morgan fingerprint density at radius 3 is 1.16 bits per heavy atom. The Morgan fingerprint density at radius 2 is 0.842 bits per heavy atom. The summed E-state index contributed by atoms with van der Waals surface area (Å²) in [4.78, 5) is 0. The van der Waals surface area contributed by atoms with Gasteiger partial charge in [0.15, 0.2) is 0 Å². The average Bonchev–Trinajstić information content (AvgIpc) is 2.43. The van der Waals surface area contributed by atoms with E-state index in [1.807, 2.05) is 5.48 Å². The zero-order chi connectivity index (χ0) is 14.0. The van der Waals surface area contributed by atoms with Crippen LogP contribution in [0.2, 0.25) is 0 Å². The first-order valence-corrected chi connectivity index (χ1v) is 8.76. The van der Waals surface area contributed by atoms with Crippen molar-refractivity contribution in [2.24, 2.45) is 0 Å². The molecule has 0 aliphatic carbocycles. The van der Waals surface area contributed by atoms with Crippen LogP contribution in [0.3, 0.4) is 0 Å². The van der Waals surface area contributed by atoms with E-state index in [0.29, 0.717) is 6.54 Å². The summed E-state index contributed by atoms with van der Waals surface area (Å²) in [5.41, 5.74) is 1.96. The SMILES string of the molecule is CCCCCCCCCCCCCCCCCN[O-]. The van der Waals surface area contributed by atoms with Crippen molar-refractivity contribution in [3.05, 3.63) is 5.21 Å². The fourth-order valence-corrected chi connectivity index (χ4v) is 2.57. The highest BCUT2D eigenvalue weighted by Crippen LogP contribution is 2.13. The van der Waals surface area contributed by atoms with Crippen molar-refractivity contribution in [2.75, 3.05) is 6.54 Å². The van der Waals surface area contributed by atoms with Gasteiger partial charge in [0.1, 0.15) is 0 Å². The predicted octanol–water partition coefficient (Wildman–Crippen LogP) is 5.95. The highest BCUT2D eigenvalue weighted by atomic mass is 16.5. The molecular formula is C17H36NO-. The standard InChI is InChI=1S/C17H36NO/c1-2-3-4-5-6-7-8-9-10-11-12-13-14-15-16-17-18-19/h18H,2-17H2,1H3/q-1. The van der Waals surface area contributed by atoms with Gasteiger partial charge >= 0.3 is 0 Å². The summed E-state index contributed by atoms with van der Waals surface area (Å²) in [6.07, 6.45) is 20.6. The van der Waals surface area contributed by atoms with E-state index in [2.05, 4.69) is 6.92 Å². The van der Waals surface area contributed by atoms with Crippen LogP contribution in [0.5, 0.6) is 0 Å². The number of unbranched alkanes of at least 4 members (excludes halogenated alkanes) is 14. The molecule has 2 heteroatoms. The zero-order valence-electron chi connectivity index (χ0n) is 13.2. The van der Waals surface area contributed by atoms with Crippen LogP contribution >= 0.6 is 0 Å². The lowest BCUT2D eigenvalue weighted by Crippen LogP contribution is -2.04. The van der Waals surface area contributed by atoms with Crippen LogP contribution in [0.15, 0.2) is 0 Å². The zero-order valence-corrected chi connectivity index (χ0v) is 13.2. The van der Waals surface area contributed by atoms with E-state index < -0.39 is 0 Å². The van der Waals surface area contributed by atoms with Crippen molar-refractivity contribution in [3.8, 4) is 0 Å². The molecule has 1 N–H and O–H groups in total. The number of rotatable bonds is 16. The molecule has 0 aromatic heterocycles. The van der Waals surface area contributed by atoms with Gasteiger partial charge in [0, 0.05) is 0 Å². The molecule has 0 heterocycles. The Labute approximate surface area is 121 Å². The van der Waals surface area contributed by atoms with Gasteiger partial charge in [0.2, 0.25) is 0 Å². The first kappa shape index (κ1) is 18.9. The second kappa shape index (κ2) is 17.9. The van der Waals surface area contributed by atoms with Gasteiger partial charge in [-0.25, -0.2) is 0 Å². The van der Waals surface area contributed by atoms with Crippen molar-refractivity contribution >= 4 is 0 Å². The van der Waals surface area contributed by atoms with Gasteiger partial charge in [-0.3, -0.25) is 0 Å². The van der Waals surface area contributed by atoms with E-state index in [4.69, 9.17) is 0 Å². The Balaban J connectivity index is 2.88. The Kier molecular flexibility index (Phi) is 17.8. The van der Waals surface area contributed by atoms with Crippen LogP contribution < -0.4 is 5.48 Å². The second-order valence-corrected chi connectivity index (χ2v) is 5.84. The predicted molar refractivity (Wildman–Crippen MR) is 86.3 cm³/mol. The maximum atomic E-state index is 10.0. The summed E-state index contributed by atoms with van der Waals surface area (Å²) in [5, 5.41) is 10.0. The molecule has 0 aliphatic heterocycles. The van der Waals surface area contributed by atoms with Crippen LogP contribution in [-0.4, -0.2) is 6.54 Å². The number of nitrogens with one attached hydrogen (secondary N) is 1. The highest BCUT2D eigenvalue weighted by molar-refractivity contribution is 4.50. The van der Waals surface area contributed by atoms with Gasteiger partial charge in [0.25, 0.3) is 0 Å². The molecule has 0 fully saturated rings. The van der Waals surface area contributed by atoms with Crippen LogP contribution in [0.1, 0.15) is 103 Å². The summed E-state index contributed by atoms with van der Waals surface area (Å²) < 4.78 is 0.